The summed E-state index contributed by atoms with van der Waals surface area (Å²) >= 11 is 0. The second kappa shape index (κ2) is 12.4. The van der Waals surface area contributed by atoms with Gasteiger partial charge in [-0.25, -0.2) is 8.42 Å². The standard InChI is InChI=1S/C28H41N3O5S/c1-20-11-14-24(18-21(20)2)31(37(8,34)35)17-9-10-26(32)30(22(3)27(33)29-28(4,5)6)19-23-12-15-25(36-7)16-13-23/h11-16,18,22H,9-10,17,19H2,1-8H3,(H,29,33)/t22-/m1/s1. The van der Waals surface area contributed by atoms with Gasteiger partial charge in [-0.2, -0.15) is 0 Å². The van der Waals surface area contributed by atoms with Crippen molar-refractivity contribution in [2.45, 2.75) is 72.5 Å². The number of anilines is 1. The van der Waals surface area contributed by atoms with Gasteiger partial charge in [-0.3, -0.25) is 13.9 Å². The van der Waals surface area contributed by atoms with E-state index >= 15 is 0 Å². The minimum Gasteiger partial charge on any atom is -0.497 e. The number of aryl methyl sites for hydroxylation is 2. The lowest BCUT2D eigenvalue weighted by Crippen LogP contribution is -2.52. The summed E-state index contributed by atoms with van der Waals surface area (Å²) in [5.41, 5.74) is 3.06. The number of rotatable bonds is 11. The van der Waals surface area contributed by atoms with Crippen LogP contribution in [-0.4, -0.2) is 56.6 Å². The summed E-state index contributed by atoms with van der Waals surface area (Å²) in [5.74, 6) is 0.232. The number of sulfonamides is 1. The monoisotopic (exact) mass is 531 g/mol. The zero-order valence-corrected chi connectivity index (χ0v) is 24.1. The first-order chi connectivity index (χ1) is 17.1. The molecule has 37 heavy (non-hydrogen) atoms. The highest BCUT2D eigenvalue weighted by molar-refractivity contribution is 7.92. The topological polar surface area (TPSA) is 96.0 Å². The molecule has 2 aromatic carbocycles. The molecule has 0 aliphatic carbocycles. The smallest absolute Gasteiger partial charge is 0.242 e. The summed E-state index contributed by atoms with van der Waals surface area (Å²) in [5, 5.41) is 2.94. The first kappa shape index (κ1) is 30.2. The molecule has 1 N–H and O–H groups in total. The second-order valence-electron chi connectivity index (χ2n) is 10.5. The molecule has 1 atom stereocenters. The Labute approximate surface area is 222 Å². The predicted octanol–water partition coefficient (Wildman–Crippen LogP) is 4.19. The molecule has 8 nitrogen and oxygen atoms in total. The fraction of sp³-hybridized carbons (Fsp3) is 0.500. The van der Waals surface area contributed by atoms with Gasteiger partial charge in [-0.05, 0) is 88.9 Å². The second-order valence-corrected chi connectivity index (χ2v) is 12.4. The third kappa shape index (κ3) is 9.07. The summed E-state index contributed by atoms with van der Waals surface area (Å²) < 4.78 is 31.6. The van der Waals surface area contributed by atoms with E-state index in [-0.39, 0.29) is 31.3 Å². The van der Waals surface area contributed by atoms with E-state index in [0.29, 0.717) is 17.9 Å². The van der Waals surface area contributed by atoms with Crippen molar-refractivity contribution in [1.82, 2.24) is 10.2 Å². The maximum Gasteiger partial charge on any atom is 0.242 e. The zero-order valence-electron chi connectivity index (χ0n) is 23.3. The number of ether oxygens (including phenoxy) is 1. The molecule has 0 saturated heterocycles. The largest absolute Gasteiger partial charge is 0.497 e. The van der Waals surface area contributed by atoms with Gasteiger partial charge in [0, 0.05) is 25.0 Å². The van der Waals surface area contributed by atoms with E-state index in [2.05, 4.69) is 5.32 Å². The van der Waals surface area contributed by atoms with E-state index in [1.807, 2.05) is 71.0 Å². The molecule has 0 unspecified atom stereocenters. The van der Waals surface area contributed by atoms with Gasteiger partial charge in [-0.15, -0.1) is 0 Å². The van der Waals surface area contributed by atoms with Gasteiger partial charge in [0.05, 0.1) is 19.1 Å². The summed E-state index contributed by atoms with van der Waals surface area (Å²) in [6.45, 7) is 11.7. The maximum atomic E-state index is 13.4. The van der Waals surface area contributed by atoms with Gasteiger partial charge in [0.2, 0.25) is 21.8 Å². The van der Waals surface area contributed by atoms with Crippen molar-refractivity contribution in [3.05, 3.63) is 59.2 Å². The molecule has 9 heteroatoms. The number of carbonyl (C=O) groups is 2. The molecule has 0 saturated carbocycles. The molecule has 0 spiro atoms. The van der Waals surface area contributed by atoms with E-state index in [0.717, 1.165) is 16.7 Å². The zero-order chi connectivity index (χ0) is 28.0. The lowest BCUT2D eigenvalue weighted by molar-refractivity contribution is -0.141. The Morgan fingerprint density at radius 1 is 1.03 bits per heavy atom. The number of benzene rings is 2. The Morgan fingerprint density at radius 2 is 1.65 bits per heavy atom. The van der Waals surface area contributed by atoms with Crippen LogP contribution in [0.3, 0.4) is 0 Å². The highest BCUT2D eigenvalue weighted by Crippen LogP contribution is 2.22. The van der Waals surface area contributed by atoms with Crippen molar-refractivity contribution < 1.29 is 22.7 Å². The van der Waals surface area contributed by atoms with Crippen LogP contribution in [0.2, 0.25) is 0 Å². The van der Waals surface area contributed by atoms with Crippen molar-refractivity contribution in [3.63, 3.8) is 0 Å². The minimum absolute atomic E-state index is 0.0974. The molecule has 0 aromatic heterocycles. The molecule has 0 aliphatic rings. The average Bonchev–Trinajstić information content (AvgIpc) is 2.80. The molecule has 2 rings (SSSR count). The van der Waals surface area contributed by atoms with Gasteiger partial charge in [-0.1, -0.05) is 18.2 Å². The first-order valence-electron chi connectivity index (χ1n) is 12.4. The number of amides is 2. The molecule has 204 valence electrons. The number of carbonyl (C=O) groups excluding carboxylic acids is 2. The van der Waals surface area contributed by atoms with E-state index < -0.39 is 21.6 Å². The highest BCUT2D eigenvalue weighted by Gasteiger charge is 2.28. The van der Waals surface area contributed by atoms with Gasteiger partial charge in [0.25, 0.3) is 0 Å². The quantitative estimate of drug-likeness (QED) is 0.469. The van der Waals surface area contributed by atoms with Crippen LogP contribution in [0.4, 0.5) is 5.69 Å². The third-order valence-corrected chi connectivity index (χ3v) is 7.30. The van der Waals surface area contributed by atoms with Crippen LogP contribution < -0.4 is 14.4 Å². The van der Waals surface area contributed by atoms with Crippen LogP contribution in [0.1, 0.15) is 57.2 Å². The van der Waals surface area contributed by atoms with Crippen molar-refractivity contribution in [3.8, 4) is 5.75 Å². The summed E-state index contributed by atoms with van der Waals surface area (Å²) in [6, 6.07) is 12.1. The van der Waals surface area contributed by atoms with Crippen molar-refractivity contribution in [2.24, 2.45) is 0 Å². The summed E-state index contributed by atoms with van der Waals surface area (Å²) in [6.07, 6.45) is 1.57. The maximum absolute atomic E-state index is 13.4. The Bertz CT molecular complexity index is 1190. The third-order valence-electron chi connectivity index (χ3n) is 6.11. The normalized spacial score (nSPS) is 12.5. The van der Waals surface area contributed by atoms with Crippen LogP contribution in [0.25, 0.3) is 0 Å². The molecule has 2 amide bonds. The van der Waals surface area contributed by atoms with Crippen molar-refractivity contribution in [2.75, 3.05) is 24.2 Å². The lowest BCUT2D eigenvalue weighted by Gasteiger charge is -2.32. The number of methoxy groups -OCH3 is 1. The fourth-order valence-electron chi connectivity index (χ4n) is 3.87. The fourth-order valence-corrected chi connectivity index (χ4v) is 4.83. The van der Waals surface area contributed by atoms with Gasteiger partial charge in [0.1, 0.15) is 11.8 Å². The molecule has 0 heterocycles. The Morgan fingerprint density at radius 3 is 2.16 bits per heavy atom. The molecular formula is C28H41N3O5S. The van der Waals surface area contributed by atoms with E-state index in [4.69, 9.17) is 4.74 Å². The number of hydrogen-bond acceptors (Lipinski definition) is 5. The number of hydrogen-bond donors (Lipinski definition) is 1. The van der Waals surface area contributed by atoms with Crippen LogP contribution in [0.5, 0.6) is 5.75 Å². The molecule has 0 aliphatic heterocycles. The van der Waals surface area contributed by atoms with E-state index in [9.17, 15) is 18.0 Å². The van der Waals surface area contributed by atoms with Crippen molar-refractivity contribution >= 4 is 27.5 Å². The predicted molar refractivity (Wildman–Crippen MR) is 148 cm³/mol. The molecule has 0 bridgehead atoms. The number of nitrogens with zero attached hydrogens (tertiary/aromatic N) is 2. The first-order valence-corrected chi connectivity index (χ1v) is 14.3. The minimum atomic E-state index is -3.54. The molecule has 0 radical (unpaired) electrons. The Kier molecular flexibility index (Phi) is 10.1. The van der Waals surface area contributed by atoms with Gasteiger partial charge >= 0.3 is 0 Å². The summed E-state index contributed by atoms with van der Waals surface area (Å²) in [7, 11) is -1.95. The van der Waals surface area contributed by atoms with E-state index in [1.165, 1.54) is 10.6 Å². The summed E-state index contributed by atoms with van der Waals surface area (Å²) in [4.78, 5) is 27.9. The van der Waals surface area contributed by atoms with Crippen LogP contribution in [0, 0.1) is 13.8 Å². The Hall–Kier alpha value is -3.07. The van der Waals surface area contributed by atoms with E-state index in [1.54, 1.807) is 25.0 Å². The van der Waals surface area contributed by atoms with Crippen LogP contribution in [0.15, 0.2) is 42.5 Å². The highest BCUT2D eigenvalue weighted by atomic mass is 32.2. The van der Waals surface area contributed by atoms with Gasteiger partial charge < -0.3 is 15.0 Å². The van der Waals surface area contributed by atoms with Crippen LogP contribution in [-0.2, 0) is 26.2 Å². The average molecular weight is 532 g/mol. The molecular weight excluding hydrogens is 490 g/mol. The van der Waals surface area contributed by atoms with Crippen molar-refractivity contribution in [1.29, 1.82) is 0 Å². The van der Waals surface area contributed by atoms with Crippen LogP contribution >= 0.6 is 0 Å². The lowest BCUT2D eigenvalue weighted by atomic mass is 10.1. The molecule has 0 fully saturated rings. The SMILES string of the molecule is COc1ccc(CN(C(=O)CCCN(c2ccc(C)c(C)c2)S(C)(=O)=O)[C@H](C)C(=O)NC(C)(C)C)cc1. The number of nitrogens with one attached hydrogen (secondary N) is 1. The Balaban J connectivity index is 2.21. The van der Waals surface area contributed by atoms with Gasteiger partial charge in [0.15, 0.2) is 0 Å². The molecule has 2 aromatic rings.